The highest BCUT2D eigenvalue weighted by molar-refractivity contribution is 4.97. The van der Waals surface area contributed by atoms with Gasteiger partial charge in [-0.25, -0.2) is 39.5 Å². The Morgan fingerprint density at radius 1 is 0.500 bits per heavy atom. The summed E-state index contributed by atoms with van der Waals surface area (Å²) in [6.07, 6.45) is -34.3. The van der Waals surface area contributed by atoms with Crippen molar-refractivity contribution in [1.82, 2.24) is 0 Å². The van der Waals surface area contributed by atoms with E-state index in [1.807, 2.05) is 0 Å². The molecule has 0 saturated carbocycles. The van der Waals surface area contributed by atoms with Crippen LogP contribution in [0.25, 0.3) is 0 Å². The summed E-state index contributed by atoms with van der Waals surface area (Å²) in [5.41, 5.74) is 0. The van der Waals surface area contributed by atoms with Crippen molar-refractivity contribution < 1.29 is 62.9 Å². The van der Waals surface area contributed by atoms with Crippen LogP contribution in [-0.4, -0.2) is 71.8 Å². The molecule has 0 bridgehead atoms. The van der Waals surface area contributed by atoms with E-state index in [0.29, 0.717) is 0 Å². The molecular formula is C10H10F12O2. The van der Waals surface area contributed by atoms with Gasteiger partial charge in [-0.3, -0.25) is 0 Å². The van der Waals surface area contributed by atoms with Gasteiger partial charge in [-0.2, -0.15) is 13.2 Å². The first-order valence-electron chi connectivity index (χ1n) is 5.85. The molecule has 0 aromatic carbocycles. The molecular weight excluding hydrogens is 380 g/mol. The zero-order valence-electron chi connectivity index (χ0n) is 11.0. The average Bonchev–Trinajstić information content (AvgIpc) is 2.48. The number of hydrogen-bond acceptors (Lipinski definition) is 2. The molecule has 0 fully saturated rings. The fraction of sp³-hybridized carbons (Fsp3) is 1.00. The Morgan fingerprint density at radius 3 is 1.08 bits per heavy atom. The summed E-state index contributed by atoms with van der Waals surface area (Å²) in [6, 6.07) is -5.72. The minimum absolute atomic E-state index is 3.99. The molecule has 7 unspecified atom stereocenters. The summed E-state index contributed by atoms with van der Waals surface area (Å²) in [4.78, 5) is 0. The van der Waals surface area contributed by atoms with Crippen LogP contribution in [0.1, 0.15) is 0 Å². The Morgan fingerprint density at radius 2 is 0.792 bits per heavy atom. The lowest BCUT2D eigenvalue weighted by Gasteiger charge is -2.30. The van der Waals surface area contributed by atoms with Crippen LogP contribution in [0.3, 0.4) is 0 Å². The predicted molar refractivity (Wildman–Crippen MR) is 53.5 cm³/mol. The van der Waals surface area contributed by atoms with Crippen LogP contribution in [0.15, 0.2) is 0 Å². The van der Waals surface area contributed by atoms with Crippen LogP contribution in [0.5, 0.6) is 0 Å². The van der Waals surface area contributed by atoms with Gasteiger partial charge in [0.2, 0.25) is 6.17 Å². The van der Waals surface area contributed by atoms with Gasteiger partial charge in [0.15, 0.2) is 37.0 Å². The molecule has 0 aromatic rings. The number of halogens is 12. The van der Waals surface area contributed by atoms with Gasteiger partial charge in [0.1, 0.15) is 0 Å². The van der Waals surface area contributed by atoms with E-state index in [4.69, 9.17) is 10.2 Å². The van der Waals surface area contributed by atoms with E-state index in [-0.39, 0.29) is 0 Å². The first kappa shape index (κ1) is 23.1. The summed E-state index contributed by atoms with van der Waals surface area (Å²) in [5, 5.41) is 15.7. The lowest BCUT2D eigenvalue weighted by Crippen LogP contribution is -2.57. The Kier molecular flexibility index (Phi) is 7.67. The maximum absolute atomic E-state index is 13.1. The molecule has 0 rings (SSSR count). The summed E-state index contributed by atoms with van der Waals surface area (Å²) in [5.74, 6) is -6.07. The van der Waals surface area contributed by atoms with E-state index in [1.165, 1.54) is 0 Å². The van der Waals surface area contributed by atoms with Gasteiger partial charge in [0, 0.05) is 0 Å². The van der Waals surface area contributed by atoms with Crippen LogP contribution in [0.2, 0.25) is 0 Å². The zero-order valence-corrected chi connectivity index (χ0v) is 11.0. The topological polar surface area (TPSA) is 40.5 Å². The smallest absolute Gasteiger partial charge is 0.335 e. The monoisotopic (exact) mass is 390 g/mol. The van der Waals surface area contributed by atoms with Crippen molar-refractivity contribution in [3.63, 3.8) is 0 Å². The quantitative estimate of drug-likeness (QED) is 0.470. The van der Waals surface area contributed by atoms with E-state index in [0.717, 1.165) is 0 Å². The molecule has 0 aliphatic carbocycles. The van der Waals surface area contributed by atoms with E-state index < -0.39 is 61.6 Å². The van der Waals surface area contributed by atoms with Crippen LogP contribution < -0.4 is 0 Å². The van der Waals surface area contributed by atoms with Gasteiger partial charge in [-0.05, 0) is 0 Å². The van der Waals surface area contributed by atoms with Gasteiger partial charge in [0.25, 0.3) is 6.43 Å². The zero-order chi connectivity index (χ0) is 19.6. The largest absolute Gasteiger partial charge is 0.384 e. The van der Waals surface area contributed by atoms with Crippen molar-refractivity contribution in [2.24, 2.45) is 0 Å². The first-order chi connectivity index (χ1) is 10.6. The van der Waals surface area contributed by atoms with E-state index in [9.17, 15) is 52.7 Å². The Bertz CT molecular complexity index is 389. The molecule has 146 valence electrons. The molecule has 0 saturated heterocycles. The first-order valence-corrected chi connectivity index (χ1v) is 5.85. The SMILES string of the molecule is OC(O)(F)C(F)(F)C(F)C(F)C(F)C(F)C(F)C(F)C(F)C(F)F. The Hall–Kier alpha value is -0.920. The molecule has 0 aliphatic rings. The number of hydrogen-bond donors (Lipinski definition) is 2. The predicted octanol–water partition coefficient (Wildman–Crippen LogP) is 2.86. The van der Waals surface area contributed by atoms with Crippen LogP contribution in [0, 0.1) is 0 Å². The highest BCUT2D eigenvalue weighted by Gasteiger charge is 2.64. The lowest BCUT2D eigenvalue weighted by molar-refractivity contribution is -0.384. The molecule has 2 N–H and O–H groups in total. The summed E-state index contributed by atoms with van der Waals surface area (Å²) in [7, 11) is 0. The molecule has 2 nitrogen and oxygen atoms in total. The Balaban J connectivity index is 5.16. The third-order valence-corrected chi connectivity index (χ3v) is 2.81. The van der Waals surface area contributed by atoms with Gasteiger partial charge < -0.3 is 10.2 Å². The van der Waals surface area contributed by atoms with Gasteiger partial charge in [-0.15, -0.1) is 0 Å². The van der Waals surface area contributed by atoms with Crippen molar-refractivity contribution >= 4 is 0 Å². The summed E-state index contributed by atoms with van der Waals surface area (Å²) < 4.78 is 151. The third kappa shape index (κ3) is 4.80. The lowest BCUT2D eigenvalue weighted by atomic mass is 9.97. The second-order valence-electron chi connectivity index (χ2n) is 4.61. The van der Waals surface area contributed by atoms with Crippen molar-refractivity contribution in [3.8, 4) is 0 Å². The second-order valence-corrected chi connectivity index (χ2v) is 4.61. The third-order valence-electron chi connectivity index (χ3n) is 2.81. The minimum Gasteiger partial charge on any atom is -0.335 e. The fourth-order valence-corrected chi connectivity index (χ4v) is 1.38. The van der Waals surface area contributed by atoms with Gasteiger partial charge >= 0.3 is 12.0 Å². The van der Waals surface area contributed by atoms with E-state index in [2.05, 4.69) is 0 Å². The molecule has 0 aromatic heterocycles. The fourth-order valence-electron chi connectivity index (χ4n) is 1.38. The van der Waals surface area contributed by atoms with Crippen LogP contribution >= 0.6 is 0 Å². The normalized spacial score (nSPS) is 22.6. The van der Waals surface area contributed by atoms with Crippen molar-refractivity contribution in [2.75, 3.05) is 0 Å². The molecule has 0 aliphatic heterocycles. The molecule has 0 radical (unpaired) electrons. The minimum atomic E-state index is -6.07. The van der Waals surface area contributed by atoms with Crippen LogP contribution in [0.4, 0.5) is 52.7 Å². The van der Waals surface area contributed by atoms with Crippen LogP contribution in [-0.2, 0) is 0 Å². The van der Waals surface area contributed by atoms with E-state index in [1.54, 1.807) is 0 Å². The summed E-state index contributed by atoms with van der Waals surface area (Å²) in [6.45, 7) is 0. The van der Waals surface area contributed by atoms with Crippen molar-refractivity contribution in [3.05, 3.63) is 0 Å². The highest BCUT2D eigenvalue weighted by Crippen LogP contribution is 2.38. The standard InChI is InChI=1S/C10H10F12O2/c11-1(2(12)4(14)6(16)8(18)19)3(13)5(15)7(17)9(20,21)10(22,23)24/h1-8,23-24H. The average molecular weight is 390 g/mol. The maximum atomic E-state index is 13.1. The molecule has 7 atom stereocenters. The molecule has 0 amide bonds. The van der Waals surface area contributed by atoms with Gasteiger partial charge in [-0.1, -0.05) is 0 Å². The molecule has 24 heavy (non-hydrogen) atoms. The summed E-state index contributed by atoms with van der Waals surface area (Å²) >= 11 is 0. The number of rotatable bonds is 9. The number of aliphatic hydroxyl groups is 2. The Labute approximate surface area is 126 Å². The number of alkyl halides is 12. The van der Waals surface area contributed by atoms with Gasteiger partial charge in [0.05, 0.1) is 0 Å². The second kappa shape index (κ2) is 7.97. The van der Waals surface area contributed by atoms with Crippen molar-refractivity contribution in [2.45, 2.75) is 61.6 Å². The maximum Gasteiger partial charge on any atom is 0.384 e. The molecule has 14 heteroatoms. The van der Waals surface area contributed by atoms with E-state index >= 15 is 0 Å². The van der Waals surface area contributed by atoms with Crippen molar-refractivity contribution in [1.29, 1.82) is 0 Å². The molecule has 0 heterocycles. The molecule has 0 spiro atoms. The highest BCUT2D eigenvalue weighted by atomic mass is 19.3.